The lowest BCUT2D eigenvalue weighted by molar-refractivity contribution is 0.0643. The molecule has 1 saturated heterocycles. The number of rotatable bonds is 1. The first kappa shape index (κ1) is 13.8. The third-order valence-electron chi connectivity index (χ3n) is 5.16. The topological polar surface area (TPSA) is 64.6 Å². The molecule has 1 amide bonds. The van der Waals surface area contributed by atoms with Crippen LogP contribution in [0, 0.1) is 6.92 Å². The van der Waals surface area contributed by atoms with Crippen LogP contribution in [0.1, 0.15) is 46.3 Å². The number of hydrogen-bond acceptors (Lipinski definition) is 5. The van der Waals surface area contributed by atoms with Crippen LogP contribution in [0.25, 0.3) is 0 Å². The molecule has 1 fully saturated rings. The van der Waals surface area contributed by atoms with Crippen LogP contribution in [0.2, 0.25) is 0 Å². The van der Waals surface area contributed by atoms with Gasteiger partial charge in [0, 0.05) is 29.8 Å². The van der Waals surface area contributed by atoms with Crippen LogP contribution in [0.4, 0.5) is 0 Å². The van der Waals surface area contributed by atoms with Gasteiger partial charge in [-0.25, -0.2) is 9.97 Å². The maximum absolute atomic E-state index is 13.1. The van der Waals surface area contributed by atoms with Gasteiger partial charge in [-0.2, -0.15) is 0 Å². The van der Waals surface area contributed by atoms with Gasteiger partial charge in [0.2, 0.25) is 6.79 Å². The summed E-state index contributed by atoms with van der Waals surface area (Å²) in [7, 11) is 0. The number of aromatic nitrogens is 2. The standard InChI is InChI=1S/C18H17N3O3/c1-10-19-8-13-14(20-10)7-12-3-4-15(13)21(12)18(22)11-2-5-16-17(6-11)24-9-23-16/h2,5-6,8,12,15H,3-4,7,9H2,1H3/t12-,15+/m0/s1. The Kier molecular flexibility index (Phi) is 2.83. The second-order valence-corrected chi connectivity index (χ2v) is 6.55. The largest absolute Gasteiger partial charge is 0.454 e. The predicted molar refractivity (Wildman–Crippen MR) is 85.0 cm³/mol. The molecule has 5 rings (SSSR count). The molecule has 6 heteroatoms. The summed E-state index contributed by atoms with van der Waals surface area (Å²) in [4.78, 5) is 24.1. The van der Waals surface area contributed by atoms with Gasteiger partial charge in [-0.3, -0.25) is 4.79 Å². The van der Waals surface area contributed by atoms with Crippen molar-refractivity contribution >= 4 is 5.91 Å². The fourth-order valence-corrected chi connectivity index (χ4v) is 4.07. The van der Waals surface area contributed by atoms with Crippen molar-refractivity contribution in [3.63, 3.8) is 0 Å². The maximum Gasteiger partial charge on any atom is 0.254 e. The van der Waals surface area contributed by atoms with E-state index < -0.39 is 0 Å². The van der Waals surface area contributed by atoms with E-state index in [0.717, 1.165) is 36.3 Å². The van der Waals surface area contributed by atoms with Crippen molar-refractivity contribution in [1.82, 2.24) is 14.9 Å². The monoisotopic (exact) mass is 323 g/mol. The molecule has 1 aromatic carbocycles. The molecule has 24 heavy (non-hydrogen) atoms. The molecule has 2 aromatic rings. The number of amides is 1. The number of aryl methyl sites for hydroxylation is 1. The second-order valence-electron chi connectivity index (χ2n) is 6.55. The zero-order valence-electron chi connectivity index (χ0n) is 13.4. The molecular weight excluding hydrogens is 306 g/mol. The van der Waals surface area contributed by atoms with Crippen LogP contribution in [-0.4, -0.2) is 33.6 Å². The first-order valence-electron chi connectivity index (χ1n) is 8.25. The van der Waals surface area contributed by atoms with E-state index >= 15 is 0 Å². The Bertz CT molecular complexity index is 851. The van der Waals surface area contributed by atoms with Gasteiger partial charge < -0.3 is 14.4 Å². The van der Waals surface area contributed by atoms with Crippen molar-refractivity contribution in [2.24, 2.45) is 0 Å². The summed E-state index contributed by atoms with van der Waals surface area (Å²) < 4.78 is 10.7. The minimum Gasteiger partial charge on any atom is -0.454 e. The van der Waals surface area contributed by atoms with E-state index in [9.17, 15) is 4.79 Å². The van der Waals surface area contributed by atoms with E-state index in [1.165, 1.54) is 0 Å². The molecule has 2 atom stereocenters. The number of nitrogens with zero attached hydrogens (tertiary/aromatic N) is 3. The van der Waals surface area contributed by atoms with E-state index in [1.54, 1.807) is 6.07 Å². The zero-order valence-corrected chi connectivity index (χ0v) is 13.4. The minimum atomic E-state index is 0.0482. The molecule has 0 radical (unpaired) electrons. The summed E-state index contributed by atoms with van der Waals surface area (Å²) in [6.45, 7) is 2.12. The van der Waals surface area contributed by atoms with Gasteiger partial charge in [-0.1, -0.05) is 0 Å². The van der Waals surface area contributed by atoms with Gasteiger partial charge >= 0.3 is 0 Å². The van der Waals surface area contributed by atoms with Crippen molar-refractivity contribution in [2.75, 3.05) is 6.79 Å². The fraction of sp³-hybridized carbons (Fsp3) is 0.389. The van der Waals surface area contributed by atoms with Crippen LogP contribution < -0.4 is 9.47 Å². The summed E-state index contributed by atoms with van der Waals surface area (Å²) in [5.74, 6) is 2.18. The van der Waals surface area contributed by atoms with Crippen molar-refractivity contribution in [3.05, 3.63) is 47.0 Å². The average Bonchev–Trinajstić information content (AvgIpc) is 3.17. The van der Waals surface area contributed by atoms with E-state index in [0.29, 0.717) is 17.1 Å². The Hall–Kier alpha value is -2.63. The normalized spacial score (nSPS) is 23.3. The highest BCUT2D eigenvalue weighted by Crippen LogP contribution is 2.44. The molecule has 3 aliphatic heterocycles. The Balaban J connectivity index is 1.51. The molecule has 0 spiro atoms. The highest BCUT2D eigenvalue weighted by Gasteiger charge is 2.43. The van der Waals surface area contributed by atoms with Gasteiger partial charge in [-0.15, -0.1) is 0 Å². The lowest BCUT2D eigenvalue weighted by atomic mass is 9.98. The molecule has 2 bridgehead atoms. The van der Waals surface area contributed by atoms with Crippen LogP contribution in [-0.2, 0) is 6.42 Å². The third-order valence-corrected chi connectivity index (χ3v) is 5.16. The molecule has 0 saturated carbocycles. The van der Waals surface area contributed by atoms with Crippen molar-refractivity contribution in [3.8, 4) is 11.5 Å². The highest BCUT2D eigenvalue weighted by atomic mass is 16.7. The smallest absolute Gasteiger partial charge is 0.254 e. The highest BCUT2D eigenvalue weighted by molar-refractivity contribution is 5.96. The van der Waals surface area contributed by atoms with E-state index in [2.05, 4.69) is 9.97 Å². The number of ether oxygens (including phenoxy) is 2. The van der Waals surface area contributed by atoms with Gasteiger partial charge in [-0.05, 0) is 38.0 Å². The molecule has 3 aliphatic rings. The van der Waals surface area contributed by atoms with E-state index in [1.807, 2.05) is 30.2 Å². The summed E-state index contributed by atoms with van der Waals surface area (Å²) in [5, 5.41) is 0. The molecule has 122 valence electrons. The Morgan fingerprint density at radius 2 is 2.12 bits per heavy atom. The summed E-state index contributed by atoms with van der Waals surface area (Å²) >= 11 is 0. The summed E-state index contributed by atoms with van der Waals surface area (Å²) in [6.07, 6.45) is 4.69. The van der Waals surface area contributed by atoms with Crippen LogP contribution >= 0.6 is 0 Å². The third kappa shape index (κ3) is 1.92. The molecule has 0 N–H and O–H groups in total. The first-order valence-corrected chi connectivity index (χ1v) is 8.25. The molecule has 6 nitrogen and oxygen atoms in total. The average molecular weight is 323 g/mol. The molecule has 0 aliphatic carbocycles. The summed E-state index contributed by atoms with van der Waals surface area (Å²) in [6, 6.07) is 5.70. The lowest BCUT2D eigenvalue weighted by Gasteiger charge is -2.35. The van der Waals surface area contributed by atoms with Crippen molar-refractivity contribution in [1.29, 1.82) is 0 Å². The second kappa shape index (κ2) is 4.93. The van der Waals surface area contributed by atoms with Crippen molar-refractivity contribution < 1.29 is 14.3 Å². The molecule has 0 unspecified atom stereocenters. The Labute approximate surface area is 139 Å². The van der Waals surface area contributed by atoms with Crippen LogP contribution in [0.3, 0.4) is 0 Å². The van der Waals surface area contributed by atoms with Gasteiger partial charge in [0.25, 0.3) is 5.91 Å². The fourth-order valence-electron chi connectivity index (χ4n) is 4.07. The number of carbonyl (C=O) groups excluding carboxylic acids is 1. The SMILES string of the molecule is Cc1ncc2c(n1)C[C@@H]1CC[C@H]2N1C(=O)c1ccc2c(c1)OCO2. The predicted octanol–water partition coefficient (Wildman–Crippen LogP) is 2.42. The van der Waals surface area contributed by atoms with Gasteiger partial charge in [0.1, 0.15) is 5.82 Å². The number of carbonyl (C=O) groups is 1. The molecular formula is C18H17N3O3. The van der Waals surface area contributed by atoms with Gasteiger partial charge in [0.05, 0.1) is 11.7 Å². The van der Waals surface area contributed by atoms with Crippen molar-refractivity contribution in [2.45, 2.75) is 38.3 Å². The van der Waals surface area contributed by atoms with E-state index in [-0.39, 0.29) is 24.8 Å². The molecule has 1 aromatic heterocycles. The summed E-state index contributed by atoms with van der Waals surface area (Å²) in [5.41, 5.74) is 2.85. The lowest BCUT2D eigenvalue weighted by Crippen LogP contribution is -2.42. The first-order chi connectivity index (χ1) is 11.7. The van der Waals surface area contributed by atoms with E-state index in [4.69, 9.17) is 9.47 Å². The minimum absolute atomic E-state index is 0.0482. The zero-order chi connectivity index (χ0) is 16.3. The molecule has 4 heterocycles. The van der Waals surface area contributed by atoms with Crippen LogP contribution in [0.15, 0.2) is 24.4 Å². The quantitative estimate of drug-likeness (QED) is 0.806. The van der Waals surface area contributed by atoms with Gasteiger partial charge in [0.15, 0.2) is 11.5 Å². The Morgan fingerprint density at radius 1 is 1.25 bits per heavy atom. The number of benzene rings is 1. The maximum atomic E-state index is 13.1. The Morgan fingerprint density at radius 3 is 3.04 bits per heavy atom. The number of fused-ring (bicyclic) bond motifs is 5. The number of hydrogen-bond donors (Lipinski definition) is 0. The van der Waals surface area contributed by atoms with Crippen LogP contribution in [0.5, 0.6) is 11.5 Å².